The average molecular weight is 442 g/mol. The Morgan fingerprint density at radius 3 is 2.52 bits per heavy atom. The van der Waals surface area contributed by atoms with E-state index >= 15 is 0 Å². The molecular weight excluding hydrogens is 414 g/mol. The average Bonchev–Trinajstić information content (AvgIpc) is 3.22. The molecule has 1 amide bonds. The lowest BCUT2D eigenvalue weighted by Gasteiger charge is -2.12. The zero-order chi connectivity index (χ0) is 23.4. The summed E-state index contributed by atoms with van der Waals surface area (Å²) in [6.45, 7) is 6.35. The molecule has 168 valence electrons. The van der Waals surface area contributed by atoms with Gasteiger partial charge in [-0.05, 0) is 50.6 Å². The number of nitrogens with one attached hydrogen (secondary N) is 1. The van der Waals surface area contributed by atoms with Crippen molar-refractivity contribution in [3.8, 4) is 22.6 Å². The second-order valence-corrected chi connectivity index (χ2v) is 7.81. The number of methoxy groups -OCH3 is 1. The summed E-state index contributed by atoms with van der Waals surface area (Å²) in [5, 5.41) is 3.84. The molecule has 0 bridgehead atoms. The van der Waals surface area contributed by atoms with E-state index in [4.69, 9.17) is 13.9 Å². The largest absolute Gasteiger partial charge is 0.496 e. The van der Waals surface area contributed by atoms with Gasteiger partial charge in [0.1, 0.15) is 17.1 Å². The van der Waals surface area contributed by atoms with Gasteiger partial charge in [0.15, 0.2) is 0 Å². The van der Waals surface area contributed by atoms with Crippen molar-refractivity contribution < 1.29 is 18.7 Å². The molecule has 5 heteroatoms. The van der Waals surface area contributed by atoms with E-state index in [0.29, 0.717) is 17.9 Å². The highest BCUT2D eigenvalue weighted by Gasteiger charge is 2.17. The zero-order valence-corrected chi connectivity index (χ0v) is 19.3. The fourth-order valence-corrected chi connectivity index (χ4v) is 3.80. The lowest BCUT2D eigenvalue weighted by atomic mass is 9.98. The summed E-state index contributed by atoms with van der Waals surface area (Å²) in [4.78, 5) is 12.7. The Bertz CT molecular complexity index is 1320. The topological polar surface area (TPSA) is 60.7 Å². The Balaban J connectivity index is 1.74. The molecule has 0 unspecified atom stereocenters. The highest BCUT2D eigenvalue weighted by molar-refractivity contribution is 6.05. The van der Waals surface area contributed by atoms with Gasteiger partial charge in [-0.25, -0.2) is 0 Å². The zero-order valence-electron chi connectivity index (χ0n) is 19.3. The number of carbonyl (C=O) groups is 1. The summed E-state index contributed by atoms with van der Waals surface area (Å²) < 4.78 is 17.3. The van der Waals surface area contributed by atoms with Crippen molar-refractivity contribution in [2.45, 2.75) is 20.8 Å². The first-order valence-corrected chi connectivity index (χ1v) is 10.9. The molecule has 0 atom stereocenters. The van der Waals surface area contributed by atoms with E-state index in [2.05, 4.69) is 5.32 Å². The van der Waals surface area contributed by atoms with E-state index in [1.807, 2.05) is 81.4 Å². The van der Waals surface area contributed by atoms with Gasteiger partial charge in [-0.2, -0.15) is 0 Å². The number of fused-ring (bicyclic) bond motifs is 1. The first-order chi connectivity index (χ1) is 16.0. The van der Waals surface area contributed by atoms with Gasteiger partial charge in [0, 0.05) is 39.9 Å². The first-order valence-electron chi connectivity index (χ1n) is 10.9. The van der Waals surface area contributed by atoms with Crippen molar-refractivity contribution in [3.05, 3.63) is 84.1 Å². The minimum absolute atomic E-state index is 0.198. The van der Waals surface area contributed by atoms with Crippen LogP contribution in [0, 0.1) is 6.92 Å². The lowest BCUT2D eigenvalue weighted by Crippen LogP contribution is -2.08. The Morgan fingerprint density at radius 2 is 1.79 bits per heavy atom. The van der Waals surface area contributed by atoms with Gasteiger partial charge in [0.05, 0.1) is 20.0 Å². The van der Waals surface area contributed by atoms with Crippen molar-refractivity contribution in [3.63, 3.8) is 0 Å². The molecule has 0 fully saturated rings. The maximum atomic E-state index is 12.7. The van der Waals surface area contributed by atoms with Gasteiger partial charge in [-0.15, -0.1) is 0 Å². The molecule has 0 aliphatic rings. The minimum atomic E-state index is -0.198. The number of benzene rings is 3. The van der Waals surface area contributed by atoms with Crippen LogP contribution in [0.5, 0.6) is 11.5 Å². The Morgan fingerprint density at radius 1 is 1.03 bits per heavy atom. The summed E-state index contributed by atoms with van der Waals surface area (Å²) in [6.07, 6.45) is 3.32. The molecular formula is C28H27NO4. The fraction of sp³-hybridized carbons (Fsp3) is 0.179. The second-order valence-electron chi connectivity index (χ2n) is 7.81. The van der Waals surface area contributed by atoms with Crippen LogP contribution >= 0.6 is 0 Å². The van der Waals surface area contributed by atoms with E-state index in [1.54, 1.807) is 19.4 Å². The van der Waals surface area contributed by atoms with Crippen LogP contribution in [0.4, 0.5) is 5.69 Å². The van der Waals surface area contributed by atoms with Crippen molar-refractivity contribution in [1.29, 1.82) is 0 Å². The van der Waals surface area contributed by atoms with Gasteiger partial charge < -0.3 is 19.2 Å². The van der Waals surface area contributed by atoms with Gasteiger partial charge in [-0.1, -0.05) is 35.9 Å². The van der Waals surface area contributed by atoms with Gasteiger partial charge in [-0.3, -0.25) is 4.79 Å². The number of anilines is 1. The highest BCUT2D eigenvalue weighted by atomic mass is 16.5. The number of para-hydroxylation sites is 1. The van der Waals surface area contributed by atoms with Gasteiger partial charge >= 0.3 is 0 Å². The molecule has 0 spiro atoms. The monoisotopic (exact) mass is 441 g/mol. The van der Waals surface area contributed by atoms with E-state index in [1.165, 1.54) is 0 Å². The van der Waals surface area contributed by atoms with Crippen molar-refractivity contribution in [2.24, 2.45) is 0 Å². The predicted octanol–water partition coefficient (Wildman–Crippen LogP) is 6.86. The lowest BCUT2D eigenvalue weighted by molar-refractivity contribution is -0.111. The van der Waals surface area contributed by atoms with E-state index < -0.39 is 0 Å². The fourth-order valence-electron chi connectivity index (χ4n) is 3.80. The first kappa shape index (κ1) is 22.2. The van der Waals surface area contributed by atoms with E-state index in [9.17, 15) is 4.79 Å². The molecule has 33 heavy (non-hydrogen) atoms. The summed E-state index contributed by atoms with van der Waals surface area (Å²) >= 11 is 0. The number of amides is 1. The Kier molecular flexibility index (Phi) is 6.50. The molecule has 0 aliphatic carbocycles. The van der Waals surface area contributed by atoms with Crippen LogP contribution in [0.15, 0.2) is 77.4 Å². The Hall–Kier alpha value is -3.99. The van der Waals surface area contributed by atoms with Crippen molar-refractivity contribution in [1.82, 2.24) is 0 Å². The van der Waals surface area contributed by atoms with Crippen LogP contribution in [-0.4, -0.2) is 19.6 Å². The van der Waals surface area contributed by atoms with Gasteiger partial charge in [0.2, 0.25) is 5.91 Å². The standard InChI is InChI=1S/C28H27NO4/c1-5-32-26-16-27-23(24(17-33-27)21-8-6-7-9-25(21)31-4)15-22(26)19(3)14-28(30)29-20-12-10-18(2)11-13-20/h6-17H,5H2,1-4H3,(H,29,30)/b19-14+. The van der Waals surface area contributed by atoms with Crippen LogP contribution in [0.1, 0.15) is 25.0 Å². The number of aryl methyl sites for hydroxylation is 1. The SMILES string of the molecule is CCOc1cc2occ(-c3ccccc3OC)c2cc1/C(C)=C/C(=O)Nc1ccc(C)cc1. The van der Waals surface area contributed by atoms with Crippen LogP contribution in [0.2, 0.25) is 0 Å². The third-order valence-electron chi connectivity index (χ3n) is 5.46. The molecule has 5 nitrogen and oxygen atoms in total. The number of ether oxygens (including phenoxy) is 2. The molecule has 0 saturated carbocycles. The molecule has 1 N–H and O–H groups in total. The summed E-state index contributed by atoms with van der Waals surface area (Å²) in [6, 6.07) is 19.4. The predicted molar refractivity (Wildman–Crippen MR) is 133 cm³/mol. The van der Waals surface area contributed by atoms with Crippen LogP contribution in [0.3, 0.4) is 0 Å². The van der Waals surface area contributed by atoms with Crippen molar-refractivity contribution >= 4 is 28.1 Å². The van der Waals surface area contributed by atoms with Gasteiger partial charge in [0.25, 0.3) is 0 Å². The molecule has 1 aromatic heterocycles. The normalized spacial score (nSPS) is 11.5. The summed E-state index contributed by atoms with van der Waals surface area (Å²) in [7, 11) is 1.65. The number of rotatable bonds is 7. The van der Waals surface area contributed by atoms with E-state index in [0.717, 1.165) is 44.7 Å². The summed E-state index contributed by atoms with van der Waals surface area (Å²) in [5.74, 6) is 1.24. The molecule has 0 saturated heterocycles. The molecule has 0 aliphatic heterocycles. The Labute approximate surface area is 193 Å². The molecule has 0 radical (unpaired) electrons. The molecule has 1 heterocycles. The van der Waals surface area contributed by atoms with Crippen LogP contribution in [-0.2, 0) is 4.79 Å². The number of furan rings is 1. The molecule has 4 aromatic rings. The highest BCUT2D eigenvalue weighted by Crippen LogP contribution is 2.40. The second kappa shape index (κ2) is 9.65. The smallest absolute Gasteiger partial charge is 0.248 e. The number of allylic oxidation sites excluding steroid dienone is 1. The van der Waals surface area contributed by atoms with Crippen LogP contribution < -0.4 is 14.8 Å². The van der Waals surface area contributed by atoms with E-state index in [-0.39, 0.29) is 5.91 Å². The quantitative estimate of drug-likeness (QED) is 0.318. The third kappa shape index (κ3) is 4.77. The maximum Gasteiger partial charge on any atom is 0.248 e. The van der Waals surface area contributed by atoms with Crippen molar-refractivity contribution in [2.75, 3.05) is 19.0 Å². The number of carbonyl (C=O) groups excluding carboxylic acids is 1. The molecule has 4 rings (SSSR count). The molecule has 3 aromatic carbocycles. The number of hydrogen-bond donors (Lipinski definition) is 1. The summed E-state index contributed by atoms with van der Waals surface area (Å²) in [5.41, 5.74) is 6.08. The maximum absolute atomic E-state index is 12.7. The third-order valence-corrected chi connectivity index (χ3v) is 5.46. The minimum Gasteiger partial charge on any atom is -0.496 e. The number of hydrogen-bond acceptors (Lipinski definition) is 4. The van der Waals surface area contributed by atoms with Crippen LogP contribution in [0.25, 0.3) is 27.7 Å².